The molecule has 0 atom stereocenters. The number of rotatable bonds is 9. The highest BCUT2D eigenvalue weighted by molar-refractivity contribution is 7.25. The van der Waals surface area contributed by atoms with Crippen LogP contribution in [0.25, 0.3) is 42.4 Å². The highest BCUT2D eigenvalue weighted by Crippen LogP contribution is 2.42. The van der Waals surface area contributed by atoms with Gasteiger partial charge >= 0.3 is 0 Å². The van der Waals surface area contributed by atoms with Gasteiger partial charge in [0.25, 0.3) is 0 Å². The van der Waals surface area contributed by atoms with Gasteiger partial charge in [-0.1, -0.05) is 182 Å². The second kappa shape index (κ2) is 15.0. The van der Waals surface area contributed by atoms with Gasteiger partial charge in [-0.15, -0.1) is 11.3 Å². The van der Waals surface area contributed by atoms with Crippen molar-refractivity contribution < 1.29 is 0 Å². The quantitative estimate of drug-likeness (QED) is 0.105. The number of fused-ring (bicyclic) bond motifs is 3. The fourth-order valence-corrected chi connectivity index (χ4v) is 14.3. The lowest BCUT2D eigenvalue weighted by Crippen LogP contribution is -2.74. The summed E-state index contributed by atoms with van der Waals surface area (Å²) >= 11 is 1.86. The van der Waals surface area contributed by atoms with Gasteiger partial charge in [0.05, 0.1) is 0 Å². The van der Waals surface area contributed by atoms with Gasteiger partial charge in [0, 0.05) is 37.2 Å². The van der Waals surface area contributed by atoms with Crippen LogP contribution in [0.3, 0.4) is 0 Å². The minimum atomic E-state index is -2.67. The van der Waals surface area contributed by atoms with Crippen molar-refractivity contribution in [1.82, 2.24) is 0 Å². The van der Waals surface area contributed by atoms with E-state index in [1.165, 1.54) is 63.2 Å². The Hall–Kier alpha value is -6.78. The lowest BCUT2D eigenvalue weighted by atomic mass is 10.0. The SMILES string of the molecule is c1ccc(-c2ccc(N(c3ccc([Si](c4ccccc4)(c4ccccc4)c4ccccc4)cc3)c3ccc4sc5ccc(-c6ccccc6)cc5c4c3)cc2)cc1. The van der Waals surface area contributed by atoms with Crippen molar-refractivity contribution in [2.45, 2.75) is 0 Å². The number of benzene rings is 9. The molecule has 57 heavy (non-hydrogen) atoms. The molecule has 0 aliphatic carbocycles. The molecule has 0 amide bonds. The van der Waals surface area contributed by atoms with Crippen LogP contribution in [0.2, 0.25) is 0 Å². The van der Waals surface area contributed by atoms with Gasteiger partial charge in [0.2, 0.25) is 0 Å². The van der Waals surface area contributed by atoms with E-state index in [1.807, 2.05) is 11.3 Å². The molecule has 1 heterocycles. The predicted octanol–water partition coefficient (Wildman–Crippen LogP) is 12.2. The number of hydrogen-bond donors (Lipinski definition) is 0. The zero-order valence-electron chi connectivity index (χ0n) is 31.4. The zero-order valence-corrected chi connectivity index (χ0v) is 33.2. The Kier molecular flexibility index (Phi) is 9.15. The van der Waals surface area contributed by atoms with Crippen molar-refractivity contribution in [2.24, 2.45) is 0 Å². The van der Waals surface area contributed by atoms with Crippen molar-refractivity contribution >= 4 is 77.4 Å². The summed E-state index contributed by atoms with van der Waals surface area (Å²) in [6.45, 7) is 0. The smallest absolute Gasteiger partial charge is 0.179 e. The molecule has 3 heteroatoms. The van der Waals surface area contributed by atoms with Crippen molar-refractivity contribution in [3.63, 3.8) is 0 Å². The number of hydrogen-bond acceptors (Lipinski definition) is 2. The van der Waals surface area contributed by atoms with E-state index in [1.54, 1.807) is 0 Å². The van der Waals surface area contributed by atoms with Gasteiger partial charge in [-0.05, 0) is 97.6 Å². The molecule has 10 rings (SSSR count). The van der Waals surface area contributed by atoms with Crippen LogP contribution >= 0.6 is 11.3 Å². The Bertz CT molecular complexity index is 2810. The summed E-state index contributed by atoms with van der Waals surface area (Å²) in [6, 6.07) is 87.1. The monoisotopic (exact) mass is 761 g/mol. The van der Waals surface area contributed by atoms with Gasteiger partial charge in [0.1, 0.15) is 0 Å². The van der Waals surface area contributed by atoms with Gasteiger partial charge in [-0.2, -0.15) is 0 Å². The summed E-state index contributed by atoms with van der Waals surface area (Å²) in [5, 5.41) is 8.02. The van der Waals surface area contributed by atoms with Crippen molar-refractivity contribution in [3.8, 4) is 22.3 Å². The Labute approximate surface area is 339 Å². The first-order valence-corrected chi connectivity index (χ1v) is 22.3. The molecule has 0 saturated heterocycles. The van der Waals surface area contributed by atoms with Gasteiger partial charge < -0.3 is 4.90 Å². The molecule has 0 N–H and O–H groups in total. The number of nitrogens with zero attached hydrogens (tertiary/aromatic N) is 1. The Morgan fingerprint density at radius 2 is 0.632 bits per heavy atom. The Balaban J connectivity index is 1.14. The molecule has 1 aromatic heterocycles. The van der Waals surface area contributed by atoms with E-state index in [9.17, 15) is 0 Å². The summed E-state index contributed by atoms with van der Waals surface area (Å²) in [5.41, 5.74) is 8.24. The van der Waals surface area contributed by atoms with Crippen LogP contribution in [0.15, 0.2) is 237 Å². The molecule has 0 aliphatic heterocycles. The molecule has 1 nitrogen and oxygen atoms in total. The van der Waals surface area contributed by atoms with Crippen LogP contribution in [-0.4, -0.2) is 8.07 Å². The first-order chi connectivity index (χ1) is 28.3. The summed E-state index contributed by atoms with van der Waals surface area (Å²) in [5.74, 6) is 0. The van der Waals surface area contributed by atoms with E-state index in [-0.39, 0.29) is 0 Å². The fourth-order valence-electron chi connectivity index (χ4n) is 8.52. The lowest BCUT2D eigenvalue weighted by Gasteiger charge is -2.35. The molecule has 0 saturated carbocycles. The van der Waals surface area contributed by atoms with Gasteiger partial charge in [0.15, 0.2) is 8.07 Å². The summed E-state index contributed by atoms with van der Waals surface area (Å²) < 4.78 is 2.59. The van der Waals surface area contributed by atoms with Crippen molar-refractivity contribution in [3.05, 3.63) is 237 Å². The molecule has 0 bridgehead atoms. The van der Waals surface area contributed by atoms with Gasteiger partial charge in [-0.25, -0.2) is 0 Å². The van der Waals surface area contributed by atoms with Crippen molar-refractivity contribution in [1.29, 1.82) is 0 Å². The van der Waals surface area contributed by atoms with E-state index >= 15 is 0 Å². The molecular formula is C54H39NSSi. The Morgan fingerprint density at radius 3 is 1.14 bits per heavy atom. The first kappa shape index (κ1) is 34.7. The maximum absolute atomic E-state index is 2.67. The third-order valence-corrected chi connectivity index (χ3v) is 17.2. The van der Waals surface area contributed by atoms with Crippen LogP contribution in [0.1, 0.15) is 0 Å². The summed E-state index contributed by atoms with van der Waals surface area (Å²) in [4.78, 5) is 2.42. The van der Waals surface area contributed by atoms with E-state index in [2.05, 4.69) is 241 Å². The molecule has 0 aliphatic rings. The van der Waals surface area contributed by atoms with Crippen LogP contribution in [0, 0.1) is 0 Å². The molecular weight excluding hydrogens is 723 g/mol. The van der Waals surface area contributed by atoms with E-state index in [4.69, 9.17) is 0 Å². The number of thiophene rings is 1. The van der Waals surface area contributed by atoms with Crippen LogP contribution in [0.4, 0.5) is 17.1 Å². The van der Waals surface area contributed by atoms with Crippen molar-refractivity contribution in [2.75, 3.05) is 4.90 Å². The van der Waals surface area contributed by atoms with Crippen LogP contribution < -0.4 is 25.6 Å². The molecule has 0 radical (unpaired) electrons. The fraction of sp³-hybridized carbons (Fsp3) is 0. The number of anilines is 3. The molecule has 0 spiro atoms. The van der Waals surface area contributed by atoms with E-state index in [0.29, 0.717) is 0 Å². The summed E-state index contributed by atoms with van der Waals surface area (Å²) in [7, 11) is -2.67. The highest BCUT2D eigenvalue weighted by atomic mass is 32.1. The third-order valence-electron chi connectivity index (χ3n) is 11.2. The van der Waals surface area contributed by atoms with Crippen LogP contribution in [0.5, 0.6) is 0 Å². The molecule has 9 aromatic carbocycles. The maximum atomic E-state index is 2.42. The van der Waals surface area contributed by atoms with Crippen LogP contribution in [-0.2, 0) is 0 Å². The topological polar surface area (TPSA) is 3.24 Å². The molecule has 0 unspecified atom stereocenters. The average Bonchev–Trinajstić information content (AvgIpc) is 3.67. The van der Waals surface area contributed by atoms with E-state index in [0.717, 1.165) is 17.1 Å². The molecule has 0 fully saturated rings. The second-order valence-corrected chi connectivity index (χ2v) is 19.4. The van der Waals surface area contributed by atoms with Gasteiger partial charge in [-0.3, -0.25) is 0 Å². The lowest BCUT2D eigenvalue weighted by molar-refractivity contribution is 1.29. The Morgan fingerprint density at radius 1 is 0.281 bits per heavy atom. The molecule has 10 aromatic rings. The minimum absolute atomic E-state index is 1.11. The maximum Gasteiger partial charge on any atom is 0.179 e. The van der Waals surface area contributed by atoms with E-state index < -0.39 is 8.07 Å². The summed E-state index contributed by atoms with van der Waals surface area (Å²) in [6.07, 6.45) is 0. The normalized spacial score (nSPS) is 11.5. The largest absolute Gasteiger partial charge is 0.310 e. The zero-order chi connectivity index (χ0) is 38.0. The average molecular weight is 762 g/mol. The second-order valence-electron chi connectivity index (χ2n) is 14.5. The third kappa shape index (κ3) is 6.37. The predicted molar refractivity (Wildman–Crippen MR) is 249 cm³/mol. The molecule has 270 valence electrons. The minimum Gasteiger partial charge on any atom is -0.310 e. The standard InChI is InChI=1S/C54H39NSSi/c1-6-16-40(17-7-1)42-26-29-44(30-27-42)55(46-33-37-54-52(39-46)51-38-43(28-36-53(51)56-54)41-18-8-2-9-19-41)45-31-34-50(35-32-45)57(47-20-10-3-11-21-47,48-22-12-4-13-23-48)49-24-14-5-15-25-49/h1-39H. The highest BCUT2D eigenvalue weighted by Gasteiger charge is 2.41. The first-order valence-electron chi connectivity index (χ1n) is 19.5.